The number of rotatable bonds is 6. The molecule has 0 atom stereocenters. The average Bonchev–Trinajstić information content (AvgIpc) is 2.51. The van der Waals surface area contributed by atoms with E-state index >= 15 is 0 Å². The Morgan fingerprint density at radius 3 is 2.33 bits per heavy atom. The highest BCUT2D eigenvalue weighted by Gasteiger charge is 2.15. The predicted octanol–water partition coefficient (Wildman–Crippen LogP) is 4.08. The first-order chi connectivity index (χ1) is 11.2. The Balaban J connectivity index is 1.90. The van der Waals surface area contributed by atoms with Crippen molar-refractivity contribution in [2.75, 3.05) is 11.1 Å². The van der Waals surface area contributed by atoms with E-state index in [4.69, 9.17) is 23.2 Å². The second-order valence-corrected chi connectivity index (χ2v) is 8.14. The third kappa shape index (κ3) is 5.78. The number of carbonyl (C=O) groups excluding carboxylic acids is 1. The topological polar surface area (TPSA) is 63.2 Å². The van der Waals surface area contributed by atoms with Crippen molar-refractivity contribution in [3.8, 4) is 0 Å². The molecular formula is C16H14Cl2FNO3S. The van der Waals surface area contributed by atoms with Gasteiger partial charge in [0.2, 0.25) is 5.91 Å². The van der Waals surface area contributed by atoms with Crippen LogP contribution < -0.4 is 5.32 Å². The van der Waals surface area contributed by atoms with E-state index in [1.54, 1.807) is 6.07 Å². The Hall–Kier alpha value is -1.63. The zero-order valence-corrected chi connectivity index (χ0v) is 14.8. The van der Waals surface area contributed by atoms with Gasteiger partial charge in [0.1, 0.15) is 5.82 Å². The van der Waals surface area contributed by atoms with Crippen LogP contribution >= 0.6 is 23.2 Å². The maximum atomic E-state index is 12.8. The second kappa shape index (κ2) is 7.96. The molecule has 0 bridgehead atoms. The van der Waals surface area contributed by atoms with Crippen LogP contribution in [-0.2, 0) is 20.4 Å². The Morgan fingerprint density at radius 1 is 1.04 bits per heavy atom. The molecule has 0 fully saturated rings. The normalized spacial score (nSPS) is 11.3. The fourth-order valence-corrected chi connectivity index (χ4v) is 3.61. The quantitative estimate of drug-likeness (QED) is 0.809. The number of nitrogens with one attached hydrogen (secondary N) is 1. The Bertz CT molecular complexity index is 839. The van der Waals surface area contributed by atoms with Gasteiger partial charge in [-0.05, 0) is 42.0 Å². The van der Waals surface area contributed by atoms with E-state index in [-0.39, 0.29) is 22.9 Å². The molecular weight excluding hydrogens is 376 g/mol. The highest BCUT2D eigenvalue weighted by atomic mass is 35.5. The van der Waals surface area contributed by atoms with Gasteiger partial charge in [0.05, 0.1) is 21.6 Å². The molecule has 8 heteroatoms. The number of halogens is 3. The van der Waals surface area contributed by atoms with Crippen LogP contribution in [0.15, 0.2) is 42.5 Å². The summed E-state index contributed by atoms with van der Waals surface area (Å²) in [5.41, 5.74) is 0.909. The molecule has 0 aliphatic heterocycles. The SMILES string of the molecule is O=C(CCS(=O)(=O)Cc1ccc(Cl)c(Cl)c1)Nc1ccc(F)cc1. The molecule has 0 heterocycles. The van der Waals surface area contributed by atoms with E-state index in [0.29, 0.717) is 16.3 Å². The molecule has 0 saturated carbocycles. The number of hydrogen-bond donors (Lipinski definition) is 1. The fraction of sp³-hybridized carbons (Fsp3) is 0.188. The molecule has 0 aliphatic carbocycles. The Kier molecular flexibility index (Phi) is 6.21. The maximum absolute atomic E-state index is 12.8. The van der Waals surface area contributed by atoms with Crippen LogP contribution in [0.2, 0.25) is 10.0 Å². The summed E-state index contributed by atoms with van der Waals surface area (Å²) in [5, 5.41) is 3.13. The van der Waals surface area contributed by atoms with Crippen molar-refractivity contribution in [2.45, 2.75) is 12.2 Å². The zero-order chi connectivity index (χ0) is 17.7. The van der Waals surface area contributed by atoms with Gasteiger partial charge in [-0.15, -0.1) is 0 Å². The first-order valence-electron chi connectivity index (χ1n) is 6.95. The van der Waals surface area contributed by atoms with Crippen LogP contribution in [0.4, 0.5) is 10.1 Å². The first-order valence-corrected chi connectivity index (χ1v) is 9.53. The van der Waals surface area contributed by atoms with Gasteiger partial charge in [-0.2, -0.15) is 0 Å². The van der Waals surface area contributed by atoms with Crippen molar-refractivity contribution >= 4 is 44.6 Å². The van der Waals surface area contributed by atoms with Crippen molar-refractivity contribution in [2.24, 2.45) is 0 Å². The molecule has 2 rings (SSSR count). The summed E-state index contributed by atoms with van der Waals surface area (Å²) in [5.74, 6) is -1.41. The number of benzene rings is 2. The monoisotopic (exact) mass is 389 g/mol. The first kappa shape index (κ1) is 18.7. The van der Waals surface area contributed by atoms with Crippen molar-refractivity contribution in [3.05, 3.63) is 63.9 Å². The summed E-state index contributed by atoms with van der Waals surface area (Å²) in [6.07, 6.45) is -0.193. The summed E-state index contributed by atoms with van der Waals surface area (Å²) in [7, 11) is -3.48. The number of amides is 1. The standard InChI is InChI=1S/C16H14Cl2FNO3S/c17-14-6-1-11(9-15(14)18)10-24(22,23)8-7-16(21)20-13-4-2-12(19)3-5-13/h1-6,9H,7-8,10H2,(H,20,21). The van der Waals surface area contributed by atoms with Crippen LogP contribution in [0.5, 0.6) is 0 Å². The minimum atomic E-state index is -3.48. The summed E-state index contributed by atoms with van der Waals surface area (Å²) >= 11 is 11.6. The Labute approximate surface area is 149 Å². The number of carbonyl (C=O) groups is 1. The highest BCUT2D eigenvalue weighted by Crippen LogP contribution is 2.23. The fourth-order valence-electron chi connectivity index (χ4n) is 1.96. The van der Waals surface area contributed by atoms with Gasteiger partial charge >= 0.3 is 0 Å². The number of hydrogen-bond acceptors (Lipinski definition) is 3. The molecule has 1 amide bonds. The molecule has 0 spiro atoms. The van der Waals surface area contributed by atoms with Crippen LogP contribution in [0.25, 0.3) is 0 Å². The summed E-state index contributed by atoms with van der Waals surface area (Å²) in [4.78, 5) is 11.8. The van der Waals surface area contributed by atoms with E-state index in [1.165, 1.54) is 36.4 Å². The molecule has 128 valence electrons. The van der Waals surface area contributed by atoms with Crippen molar-refractivity contribution in [1.29, 1.82) is 0 Å². The van der Waals surface area contributed by atoms with Crippen molar-refractivity contribution < 1.29 is 17.6 Å². The van der Waals surface area contributed by atoms with Gasteiger partial charge in [-0.1, -0.05) is 29.3 Å². The summed E-state index contributed by atoms with van der Waals surface area (Å²) in [6.45, 7) is 0. The Morgan fingerprint density at radius 2 is 1.71 bits per heavy atom. The molecule has 24 heavy (non-hydrogen) atoms. The van der Waals surface area contributed by atoms with Gasteiger partial charge in [-0.3, -0.25) is 4.79 Å². The van der Waals surface area contributed by atoms with Crippen molar-refractivity contribution in [3.63, 3.8) is 0 Å². The average molecular weight is 390 g/mol. The smallest absolute Gasteiger partial charge is 0.225 e. The molecule has 2 aromatic rings. The largest absolute Gasteiger partial charge is 0.326 e. The van der Waals surface area contributed by atoms with Crippen LogP contribution in [0.3, 0.4) is 0 Å². The third-order valence-electron chi connectivity index (χ3n) is 3.14. The maximum Gasteiger partial charge on any atom is 0.225 e. The predicted molar refractivity (Wildman–Crippen MR) is 93.6 cm³/mol. The van der Waals surface area contributed by atoms with Crippen LogP contribution in [0, 0.1) is 5.82 Å². The highest BCUT2D eigenvalue weighted by molar-refractivity contribution is 7.90. The molecule has 2 aromatic carbocycles. The third-order valence-corrected chi connectivity index (χ3v) is 5.48. The molecule has 0 radical (unpaired) electrons. The van der Waals surface area contributed by atoms with Gasteiger partial charge in [0.15, 0.2) is 9.84 Å². The van der Waals surface area contributed by atoms with E-state index in [9.17, 15) is 17.6 Å². The summed E-state index contributed by atoms with van der Waals surface area (Å²) < 4.78 is 37.0. The number of sulfone groups is 1. The van der Waals surface area contributed by atoms with E-state index in [2.05, 4.69) is 5.32 Å². The second-order valence-electron chi connectivity index (χ2n) is 5.15. The lowest BCUT2D eigenvalue weighted by atomic mass is 10.2. The minimum absolute atomic E-state index is 0.193. The molecule has 0 saturated heterocycles. The minimum Gasteiger partial charge on any atom is -0.326 e. The van der Waals surface area contributed by atoms with E-state index < -0.39 is 21.6 Å². The van der Waals surface area contributed by atoms with Gasteiger partial charge in [0.25, 0.3) is 0 Å². The lowest BCUT2D eigenvalue weighted by Gasteiger charge is -2.07. The van der Waals surface area contributed by atoms with Crippen LogP contribution in [-0.4, -0.2) is 20.1 Å². The molecule has 0 aliphatic rings. The summed E-state index contributed by atoms with van der Waals surface area (Å²) in [6, 6.07) is 9.79. The molecule has 1 N–H and O–H groups in total. The van der Waals surface area contributed by atoms with E-state index in [1.807, 2.05) is 0 Å². The molecule has 0 aromatic heterocycles. The van der Waals surface area contributed by atoms with Gasteiger partial charge in [-0.25, -0.2) is 12.8 Å². The zero-order valence-electron chi connectivity index (χ0n) is 12.4. The number of anilines is 1. The van der Waals surface area contributed by atoms with Gasteiger partial charge in [0, 0.05) is 12.1 Å². The van der Waals surface area contributed by atoms with Gasteiger partial charge < -0.3 is 5.32 Å². The lowest BCUT2D eigenvalue weighted by molar-refractivity contribution is -0.115. The molecule has 0 unspecified atom stereocenters. The lowest BCUT2D eigenvalue weighted by Crippen LogP contribution is -2.18. The van der Waals surface area contributed by atoms with Crippen molar-refractivity contribution in [1.82, 2.24) is 0 Å². The van der Waals surface area contributed by atoms with E-state index in [0.717, 1.165) is 0 Å². The van der Waals surface area contributed by atoms with Crippen LogP contribution in [0.1, 0.15) is 12.0 Å². The molecule has 4 nitrogen and oxygen atoms in total.